The molecule has 26 heavy (non-hydrogen) atoms. The number of rotatable bonds is 4. The first-order valence-electron chi connectivity index (χ1n) is 7.91. The van der Waals surface area contributed by atoms with Gasteiger partial charge < -0.3 is 9.13 Å². The van der Waals surface area contributed by atoms with Crippen LogP contribution in [0.25, 0.3) is 16.8 Å². The third-order valence-electron chi connectivity index (χ3n) is 4.05. The molecule has 0 N–H and O–H groups in total. The highest BCUT2D eigenvalue weighted by Crippen LogP contribution is 2.23. The molecule has 0 amide bonds. The van der Waals surface area contributed by atoms with Crippen molar-refractivity contribution in [2.24, 2.45) is 7.05 Å². The van der Waals surface area contributed by atoms with E-state index < -0.39 is 5.95 Å². The molecule has 4 rings (SSSR count). The third-order valence-corrected chi connectivity index (χ3v) is 4.05. The van der Waals surface area contributed by atoms with Gasteiger partial charge in [0.15, 0.2) is 5.82 Å². The zero-order valence-electron chi connectivity index (χ0n) is 13.9. The van der Waals surface area contributed by atoms with E-state index in [-0.39, 0.29) is 11.5 Å². The summed E-state index contributed by atoms with van der Waals surface area (Å²) in [6.45, 7) is 0. The van der Waals surface area contributed by atoms with Crippen LogP contribution in [0.15, 0.2) is 67.5 Å². The van der Waals surface area contributed by atoms with Crippen molar-refractivity contribution >= 4 is 5.78 Å². The van der Waals surface area contributed by atoms with Crippen LogP contribution in [-0.2, 0) is 7.05 Å². The summed E-state index contributed by atoms with van der Waals surface area (Å²) in [5.74, 6) is -0.465. The average Bonchev–Trinajstić information content (AvgIpc) is 3.31. The number of aryl methyl sites for hydroxylation is 1. The molecule has 7 heteroatoms. The smallest absolute Gasteiger partial charge is 0.248 e. The largest absolute Gasteiger partial charge is 0.331 e. The number of carbonyl (C=O) groups excluding carboxylic acids is 1. The van der Waals surface area contributed by atoms with Gasteiger partial charge in [0.25, 0.3) is 0 Å². The quantitative estimate of drug-likeness (QED) is 0.420. The minimum absolute atomic E-state index is 0.259. The molecule has 0 aliphatic heterocycles. The Morgan fingerprint density at radius 2 is 1.96 bits per heavy atom. The minimum Gasteiger partial charge on any atom is -0.331 e. The van der Waals surface area contributed by atoms with E-state index >= 15 is 0 Å². The molecule has 3 aromatic heterocycles. The van der Waals surface area contributed by atoms with Crippen LogP contribution in [0.2, 0.25) is 0 Å². The van der Waals surface area contributed by atoms with Crippen LogP contribution in [0.1, 0.15) is 16.3 Å². The number of benzene rings is 1. The highest BCUT2D eigenvalue weighted by molar-refractivity contribution is 6.05. The molecule has 4 aromatic rings. The summed E-state index contributed by atoms with van der Waals surface area (Å²) < 4.78 is 17.3. The molecule has 0 atom stereocenters. The molecule has 6 nitrogen and oxygen atoms in total. The minimum atomic E-state index is -0.527. The fraction of sp³-hybridized carbons (Fsp3) is 0.0526. The Labute approximate surface area is 148 Å². The van der Waals surface area contributed by atoms with Crippen LogP contribution < -0.4 is 0 Å². The molecule has 0 fully saturated rings. The van der Waals surface area contributed by atoms with E-state index in [0.717, 1.165) is 5.69 Å². The number of imidazole rings is 2. The molecule has 0 saturated carbocycles. The van der Waals surface area contributed by atoms with E-state index in [1.807, 2.05) is 18.2 Å². The molecule has 0 aliphatic rings. The number of hydrogen-bond donors (Lipinski definition) is 0. The SMILES string of the molecule is Cn1ccnc1C(=O)c1cn(-c2cccc(-c3cccnc3F)c2)cn1. The van der Waals surface area contributed by atoms with Gasteiger partial charge in [-0.3, -0.25) is 4.79 Å². The molecular formula is C19H14FN5O. The molecule has 0 spiro atoms. The Hall–Kier alpha value is -3.61. The van der Waals surface area contributed by atoms with Gasteiger partial charge in [-0.05, 0) is 29.8 Å². The van der Waals surface area contributed by atoms with Crippen LogP contribution in [0.5, 0.6) is 0 Å². The Morgan fingerprint density at radius 1 is 1.08 bits per heavy atom. The van der Waals surface area contributed by atoms with Crippen molar-refractivity contribution in [1.29, 1.82) is 0 Å². The molecule has 1 aromatic carbocycles. The Kier molecular flexibility index (Phi) is 3.89. The van der Waals surface area contributed by atoms with Crippen LogP contribution in [0.4, 0.5) is 4.39 Å². The fourth-order valence-corrected chi connectivity index (χ4v) is 2.72. The predicted molar refractivity (Wildman–Crippen MR) is 93.4 cm³/mol. The summed E-state index contributed by atoms with van der Waals surface area (Å²) in [7, 11) is 1.75. The second-order valence-electron chi connectivity index (χ2n) is 5.75. The first-order chi connectivity index (χ1) is 12.6. The van der Waals surface area contributed by atoms with Gasteiger partial charge in [0.05, 0.1) is 0 Å². The first kappa shape index (κ1) is 15.9. The van der Waals surface area contributed by atoms with Crippen LogP contribution in [0, 0.1) is 5.95 Å². The van der Waals surface area contributed by atoms with Crippen LogP contribution in [-0.4, -0.2) is 29.9 Å². The molecule has 3 heterocycles. The van der Waals surface area contributed by atoms with Gasteiger partial charge >= 0.3 is 0 Å². The zero-order chi connectivity index (χ0) is 18.1. The number of halogens is 1. The van der Waals surface area contributed by atoms with Gasteiger partial charge in [-0.15, -0.1) is 0 Å². The van der Waals surface area contributed by atoms with E-state index in [9.17, 15) is 9.18 Å². The predicted octanol–water partition coefficient (Wildman–Crippen LogP) is 3.04. The van der Waals surface area contributed by atoms with Crippen molar-refractivity contribution in [2.45, 2.75) is 0 Å². The van der Waals surface area contributed by atoms with E-state index in [2.05, 4.69) is 15.0 Å². The summed E-state index contributed by atoms with van der Waals surface area (Å²) in [6.07, 6.45) is 7.87. The van der Waals surface area contributed by atoms with Gasteiger partial charge in [-0.2, -0.15) is 4.39 Å². The normalized spacial score (nSPS) is 10.8. The van der Waals surface area contributed by atoms with Gasteiger partial charge in [0.1, 0.15) is 12.0 Å². The van der Waals surface area contributed by atoms with Crippen molar-refractivity contribution in [3.05, 3.63) is 85.0 Å². The summed E-state index contributed by atoms with van der Waals surface area (Å²) >= 11 is 0. The maximum Gasteiger partial charge on any atom is 0.248 e. The van der Waals surface area contributed by atoms with Crippen LogP contribution >= 0.6 is 0 Å². The lowest BCUT2D eigenvalue weighted by atomic mass is 10.1. The van der Waals surface area contributed by atoms with E-state index in [0.29, 0.717) is 17.0 Å². The number of nitrogens with zero attached hydrogens (tertiary/aromatic N) is 5. The fourth-order valence-electron chi connectivity index (χ4n) is 2.72. The van der Waals surface area contributed by atoms with Crippen LogP contribution in [0.3, 0.4) is 0 Å². The maximum atomic E-state index is 13.9. The lowest BCUT2D eigenvalue weighted by Crippen LogP contribution is -2.09. The Morgan fingerprint density at radius 3 is 2.73 bits per heavy atom. The number of ketones is 1. The highest BCUT2D eigenvalue weighted by Gasteiger charge is 2.17. The lowest BCUT2D eigenvalue weighted by molar-refractivity contribution is 0.102. The van der Waals surface area contributed by atoms with Gasteiger partial charge in [-0.1, -0.05) is 12.1 Å². The number of pyridine rings is 1. The second-order valence-corrected chi connectivity index (χ2v) is 5.75. The van der Waals surface area contributed by atoms with E-state index in [4.69, 9.17) is 0 Å². The summed E-state index contributed by atoms with van der Waals surface area (Å²) in [5.41, 5.74) is 2.16. The average molecular weight is 347 g/mol. The number of carbonyl (C=O) groups is 1. The Bertz CT molecular complexity index is 1100. The summed E-state index contributed by atoms with van der Waals surface area (Å²) in [6, 6.07) is 10.7. The van der Waals surface area contributed by atoms with Crippen molar-refractivity contribution in [1.82, 2.24) is 24.1 Å². The molecule has 0 radical (unpaired) electrons. The van der Waals surface area contributed by atoms with Gasteiger partial charge in [0.2, 0.25) is 11.7 Å². The van der Waals surface area contributed by atoms with Crippen molar-refractivity contribution < 1.29 is 9.18 Å². The third kappa shape index (κ3) is 2.79. The zero-order valence-corrected chi connectivity index (χ0v) is 13.9. The highest BCUT2D eigenvalue weighted by atomic mass is 19.1. The van der Waals surface area contributed by atoms with Gasteiger partial charge in [0, 0.05) is 43.1 Å². The molecule has 128 valence electrons. The van der Waals surface area contributed by atoms with Crippen molar-refractivity contribution in [3.8, 4) is 16.8 Å². The standard InChI is InChI=1S/C19H14FN5O/c1-24-9-8-22-19(24)17(26)16-11-25(12-23-16)14-5-2-4-13(10-14)15-6-3-7-21-18(15)20/h2-12H,1H3. The Balaban J connectivity index is 1.68. The molecule has 0 bridgehead atoms. The van der Waals surface area contributed by atoms with E-state index in [1.165, 1.54) is 6.20 Å². The van der Waals surface area contributed by atoms with Crippen molar-refractivity contribution in [2.75, 3.05) is 0 Å². The second kappa shape index (κ2) is 6.36. The first-order valence-corrected chi connectivity index (χ1v) is 7.91. The van der Waals surface area contributed by atoms with E-state index in [1.54, 1.807) is 59.3 Å². The topological polar surface area (TPSA) is 65.6 Å². The molecule has 0 saturated heterocycles. The monoisotopic (exact) mass is 347 g/mol. The number of hydrogen-bond acceptors (Lipinski definition) is 4. The number of aromatic nitrogens is 5. The van der Waals surface area contributed by atoms with Gasteiger partial charge in [-0.25, -0.2) is 15.0 Å². The van der Waals surface area contributed by atoms with Crippen molar-refractivity contribution in [3.63, 3.8) is 0 Å². The maximum absolute atomic E-state index is 13.9. The summed E-state index contributed by atoms with van der Waals surface area (Å²) in [4.78, 5) is 24.4. The molecule has 0 unspecified atom stereocenters. The molecule has 0 aliphatic carbocycles. The molecular weight excluding hydrogens is 333 g/mol. The lowest BCUT2D eigenvalue weighted by Gasteiger charge is -2.06. The summed E-state index contributed by atoms with van der Waals surface area (Å²) in [5, 5.41) is 0.